The molecule has 0 aromatic carbocycles. The molecule has 0 saturated carbocycles. The van der Waals surface area contributed by atoms with E-state index in [2.05, 4.69) is 9.97 Å². The van der Waals surface area contributed by atoms with Crippen molar-refractivity contribution in [3.63, 3.8) is 0 Å². The first-order valence-corrected chi connectivity index (χ1v) is 5.72. The first kappa shape index (κ1) is 12.7. The lowest BCUT2D eigenvalue weighted by Crippen LogP contribution is -2.16. The standard InChI is InChI=1S/C13H14F2N2O/c1-6(2)8-4-9-11(16-5-8)7(3)10(12(14)15)13(18)17-9/h4-6,12H,1-3H3,(H,17,18). The van der Waals surface area contributed by atoms with Gasteiger partial charge in [-0.2, -0.15) is 0 Å². The van der Waals surface area contributed by atoms with Gasteiger partial charge < -0.3 is 4.98 Å². The van der Waals surface area contributed by atoms with Crippen LogP contribution in [0.4, 0.5) is 8.78 Å². The molecule has 3 nitrogen and oxygen atoms in total. The van der Waals surface area contributed by atoms with E-state index in [1.165, 1.54) is 6.92 Å². The summed E-state index contributed by atoms with van der Waals surface area (Å²) in [6, 6.07) is 1.79. The van der Waals surface area contributed by atoms with Crippen molar-refractivity contribution in [3.05, 3.63) is 39.3 Å². The quantitative estimate of drug-likeness (QED) is 0.891. The van der Waals surface area contributed by atoms with E-state index in [1.54, 1.807) is 12.3 Å². The van der Waals surface area contributed by atoms with Crippen LogP contribution in [-0.4, -0.2) is 9.97 Å². The largest absolute Gasteiger partial charge is 0.320 e. The van der Waals surface area contributed by atoms with Crippen molar-refractivity contribution in [2.45, 2.75) is 33.1 Å². The number of aromatic amines is 1. The van der Waals surface area contributed by atoms with Gasteiger partial charge in [0.15, 0.2) is 0 Å². The second-order valence-corrected chi connectivity index (χ2v) is 4.61. The molecule has 0 aliphatic heterocycles. The van der Waals surface area contributed by atoms with Gasteiger partial charge in [-0.3, -0.25) is 9.78 Å². The fourth-order valence-corrected chi connectivity index (χ4v) is 1.94. The van der Waals surface area contributed by atoms with Crippen molar-refractivity contribution in [1.82, 2.24) is 9.97 Å². The number of nitrogens with zero attached hydrogens (tertiary/aromatic N) is 1. The lowest BCUT2D eigenvalue weighted by atomic mass is 10.0. The molecular weight excluding hydrogens is 238 g/mol. The molecule has 2 aromatic heterocycles. The van der Waals surface area contributed by atoms with Gasteiger partial charge in [0.05, 0.1) is 16.6 Å². The number of aromatic nitrogens is 2. The SMILES string of the molecule is Cc1c(C(F)F)c(=O)[nH]c2cc(C(C)C)cnc12. The number of hydrogen-bond donors (Lipinski definition) is 1. The smallest absolute Gasteiger partial charge is 0.269 e. The summed E-state index contributed by atoms with van der Waals surface area (Å²) >= 11 is 0. The molecule has 0 radical (unpaired) electrons. The monoisotopic (exact) mass is 252 g/mol. The van der Waals surface area contributed by atoms with Crippen LogP contribution < -0.4 is 5.56 Å². The van der Waals surface area contributed by atoms with Gasteiger partial charge in [-0.05, 0) is 30.0 Å². The van der Waals surface area contributed by atoms with Crippen molar-refractivity contribution in [2.75, 3.05) is 0 Å². The van der Waals surface area contributed by atoms with Crippen LogP contribution in [0.15, 0.2) is 17.1 Å². The molecule has 2 heterocycles. The highest BCUT2D eigenvalue weighted by Crippen LogP contribution is 2.25. The molecule has 96 valence electrons. The summed E-state index contributed by atoms with van der Waals surface area (Å²) < 4.78 is 25.6. The third kappa shape index (κ3) is 2.00. The van der Waals surface area contributed by atoms with Crippen LogP contribution in [0.1, 0.15) is 42.9 Å². The van der Waals surface area contributed by atoms with Crippen molar-refractivity contribution in [1.29, 1.82) is 0 Å². The van der Waals surface area contributed by atoms with Crippen LogP contribution in [-0.2, 0) is 0 Å². The third-order valence-electron chi connectivity index (χ3n) is 3.05. The number of pyridine rings is 2. The highest BCUT2D eigenvalue weighted by molar-refractivity contribution is 5.79. The van der Waals surface area contributed by atoms with E-state index in [-0.39, 0.29) is 11.5 Å². The molecular formula is C13H14F2N2O. The minimum Gasteiger partial charge on any atom is -0.320 e. The molecule has 0 aliphatic carbocycles. The van der Waals surface area contributed by atoms with E-state index in [4.69, 9.17) is 0 Å². The topological polar surface area (TPSA) is 45.8 Å². The zero-order chi connectivity index (χ0) is 13.4. The van der Waals surface area contributed by atoms with Crippen LogP contribution in [0.5, 0.6) is 0 Å². The molecule has 0 bridgehead atoms. The zero-order valence-corrected chi connectivity index (χ0v) is 10.4. The molecule has 0 spiro atoms. The van der Waals surface area contributed by atoms with E-state index in [0.29, 0.717) is 11.0 Å². The van der Waals surface area contributed by atoms with Crippen LogP contribution >= 0.6 is 0 Å². The summed E-state index contributed by atoms with van der Waals surface area (Å²) in [7, 11) is 0. The molecule has 0 saturated heterocycles. The lowest BCUT2D eigenvalue weighted by molar-refractivity contribution is 0.149. The Morgan fingerprint density at radius 3 is 2.56 bits per heavy atom. The molecule has 18 heavy (non-hydrogen) atoms. The Morgan fingerprint density at radius 2 is 2.00 bits per heavy atom. The molecule has 2 rings (SSSR count). The number of H-pyrrole nitrogens is 1. The van der Waals surface area contributed by atoms with E-state index >= 15 is 0 Å². The van der Waals surface area contributed by atoms with Gasteiger partial charge in [0.25, 0.3) is 12.0 Å². The van der Waals surface area contributed by atoms with Crippen LogP contribution in [0.2, 0.25) is 0 Å². The van der Waals surface area contributed by atoms with E-state index in [0.717, 1.165) is 5.56 Å². The number of fused-ring (bicyclic) bond motifs is 1. The van der Waals surface area contributed by atoms with Crippen LogP contribution in [0.3, 0.4) is 0 Å². The molecule has 2 aromatic rings. The highest BCUT2D eigenvalue weighted by Gasteiger charge is 2.18. The van der Waals surface area contributed by atoms with Gasteiger partial charge in [0, 0.05) is 6.20 Å². The predicted molar refractivity (Wildman–Crippen MR) is 66.1 cm³/mol. The Bertz CT molecular complexity index is 647. The molecule has 1 N–H and O–H groups in total. The summed E-state index contributed by atoms with van der Waals surface area (Å²) in [6.45, 7) is 5.50. The Morgan fingerprint density at radius 1 is 1.33 bits per heavy atom. The predicted octanol–water partition coefficient (Wildman–Crippen LogP) is 3.29. The van der Waals surface area contributed by atoms with Crippen molar-refractivity contribution in [2.24, 2.45) is 0 Å². The number of hydrogen-bond acceptors (Lipinski definition) is 2. The van der Waals surface area contributed by atoms with E-state index < -0.39 is 17.5 Å². The third-order valence-corrected chi connectivity index (χ3v) is 3.05. The average Bonchev–Trinajstić information content (AvgIpc) is 2.27. The summed E-state index contributed by atoms with van der Waals surface area (Å²) in [5.74, 6) is 0.264. The zero-order valence-electron chi connectivity index (χ0n) is 10.4. The summed E-state index contributed by atoms with van der Waals surface area (Å²) in [5.41, 5.74) is 0.911. The number of aryl methyl sites for hydroxylation is 1. The van der Waals surface area contributed by atoms with Crippen molar-refractivity contribution in [3.8, 4) is 0 Å². The minimum atomic E-state index is -2.79. The Hall–Kier alpha value is -1.78. The highest BCUT2D eigenvalue weighted by atomic mass is 19.3. The summed E-state index contributed by atoms with van der Waals surface area (Å²) in [5, 5.41) is 0. The Kier molecular flexibility index (Phi) is 3.15. The minimum absolute atomic E-state index is 0.249. The second kappa shape index (κ2) is 4.48. The first-order chi connectivity index (χ1) is 8.41. The molecule has 0 fully saturated rings. The van der Waals surface area contributed by atoms with Gasteiger partial charge in [-0.25, -0.2) is 8.78 Å². The van der Waals surface area contributed by atoms with Gasteiger partial charge in [-0.1, -0.05) is 13.8 Å². The van der Waals surface area contributed by atoms with Crippen molar-refractivity contribution >= 4 is 11.0 Å². The maximum atomic E-state index is 12.8. The van der Waals surface area contributed by atoms with Gasteiger partial charge in [-0.15, -0.1) is 0 Å². The van der Waals surface area contributed by atoms with Crippen LogP contribution in [0, 0.1) is 6.92 Å². The Balaban J connectivity index is 2.78. The number of alkyl halides is 2. The molecule has 0 amide bonds. The van der Waals surface area contributed by atoms with Crippen molar-refractivity contribution < 1.29 is 8.78 Å². The molecule has 5 heteroatoms. The first-order valence-electron chi connectivity index (χ1n) is 5.72. The maximum absolute atomic E-state index is 12.8. The fourth-order valence-electron chi connectivity index (χ4n) is 1.94. The fraction of sp³-hybridized carbons (Fsp3) is 0.385. The second-order valence-electron chi connectivity index (χ2n) is 4.61. The summed E-state index contributed by atoms with van der Waals surface area (Å²) in [4.78, 5) is 18.3. The number of halogens is 2. The van der Waals surface area contributed by atoms with Crippen LogP contribution in [0.25, 0.3) is 11.0 Å². The number of nitrogens with one attached hydrogen (secondary N) is 1. The average molecular weight is 252 g/mol. The maximum Gasteiger partial charge on any atom is 0.269 e. The molecule has 0 unspecified atom stereocenters. The summed E-state index contributed by atoms with van der Waals surface area (Å²) in [6.07, 6.45) is -1.13. The number of rotatable bonds is 2. The Labute approximate surface area is 103 Å². The lowest BCUT2D eigenvalue weighted by Gasteiger charge is -2.10. The molecule has 0 atom stereocenters. The molecule has 0 aliphatic rings. The van der Waals surface area contributed by atoms with Gasteiger partial charge >= 0.3 is 0 Å². The normalized spacial score (nSPS) is 11.7. The van der Waals surface area contributed by atoms with E-state index in [9.17, 15) is 13.6 Å². The van der Waals surface area contributed by atoms with Gasteiger partial charge in [0.2, 0.25) is 0 Å². The van der Waals surface area contributed by atoms with Gasteiger partial charge in [0.1, 0.15) is 0 Å². The van der Waals surface area contributed by atoms with E-state index in [1.807, 2.05) is 13.8 Å².